The predicted octanol–water partition coefficient (Wildman–Crippen LogP) is 4.42. The Kier molecular flexibility index (Phi) is 4.54. The normalized spacial score (nSPS) is 17.4. The number of hydrogen-bond donors (Lipinski definition) is 1. The number of aliphatic imine (C=N–C) groups is 1. The van der Waals surface area contributed by atoms with E-state index < -0.39 is 0 Å². The van der Waals surface area contributed by atoms with Crippen LogP contribution in [-0.2, 0) is 28.9 Å². The molecule has 3 heterocycles. The number of hydrogen-bond acceptors (Lipinski definition) is 7. The van der Waals surface area contributed by atoms with Gasteiger partial charge in [-0.25, -0.2) is 9.97 Å². The number of carbonyl (C=O) groups excluding carboxylic acids is 1. The Labute approximate surface area is 173 Å². The van der Waals surface area contributed by atoms with Gasteiger partial charge in [0.15, 0.2) is 0 Å². The quantitative estimate of drug-likeness (QED) is 0.649. The first-order valence-corrected chi connectivity index (χ1v) is 10.8. The molecule has 1 aromatic carbocycles. The molecule has 0 saturated heterocycles. The second-order valence-corrected chi connectivity index (χ2v) is 8.92. The minimum Gasteiger partial charge on any atom is -0.463 e. The summed E-state index contributed by atoms with van der Waals surface area (Å²) < 4.78 is 5.43. The molecule has 0 radical (unpaired) electrons. The minimum atomic E-state index is -0.0904. The van der Waals surface area contributed by atoms with Gasteiger partial charge in [0.05, 0.1) is 24.0 Å². The monoisotopic (exact) mass is 406 g/mol. The van der Waals surface area contributed by atoms with E-state index in [0.29, 0.717) is 0 Å². The summed E-state index contributed by atoms with van der Waals surface area (Å²) >= 11 is 1.66. The van der Waals surface area contributed by atoms with E-state index >= 15 is 0 Å². The average molecular weight is 407 g/mol. The lowest BCUT2D eigenvalue weighted by molar-refractivity contribution is -0.152. The summed E-state index contributed by atoms with van der Waals surface area (Å²) in [6, 6.07) is 6.28. The van der Waals surface area contributed by atoms with Gasteiger partial charge in [0.1, 0.15) is 17.0 Å². The van der Waals surface area contributed by atoms with Crippen molar-refractivity contribution < 1.29 is 9.53 Å². The maximum Gasteiger partial charge on any atom is 0.309 e. The Morgan fingerprint density at radius 1 is 1.31 bits per heavy atom. The predicted molar refractivity (Wildman–Crippen MR) is 115 cm³/mol. The van der Waals surface area contributed by atoms with Crippen LogP contribution in [-0.4, -0.2) is 28.3 Å². The van der Waals surface area contributed by atoms with Crippen LogP contribution in [0.25, 0.3) is 10.2 Å². The van der Waals surface area contributed by atoms with E-state index in [2.05, 4.69) is 38.5 Å². The van der Waals surface area contributed by atoms with Crippen molar-refractivity contribution >= 4 is 45.2 Å². The molecule has 6 nitrogen and oxygen atoms in total. The van der Waals surface area contributed by atoms with Gasteiger partial charge in [0.25, 0.3) is 0 Å². The van der Waals surface area contributed by atoms with Gasteiger partial charge < -0.3 is 10.1 Å². The molecule has 7 heteroatoms. The van der Waals surface area contributed by atoms with Gasteiger partial charge in [0.2, 0.25) is 0 Å². The summed E-state index contributed by atoms with van der Waals surface area (Å²) in [5.41, 5.74) is 4.66. The molecule has 0 amide bonds. The molecule has 0 bridgehead atoms. The number of ether oxygens (including phenoxy) is 1. The number of aryl methyl sites for hydroxylation is 1. The van der Waals surface area contributed by atoms with E-state index in [9.17, 15) is 4.79 Å². The molecule has 0 fully saturated rings. The fourth-order valence-electron chi connectivity index (χ4n) is 4.05. The zero-order valence-corrected chi connectivity index (χ0v) is 17.3. The molecule has 1 unspecified atom stereocenters. The first kappa shape index (κ1) is 18.2. The summed E-state index contributed by atoms with van der Waals surface area (Å²) in [6.45, 7) is 4.54. The molecule has 3 aromatic rings. The number of aromatic nitrogens is 2. The van der Waals surface area contributed by atoms with Gasteiger partial charge in [-0.2, -0.15) is 0 Å². The summed E-state index contributed by atoms with van der Waals surface area (Å²) in [7, 11) is 0. The van der Waals surface area contributed by atoms with Crippen molar-refractivity contribution in [1.29, 1.82) is 0 Å². The molecule has 1 N–H and O–H groups in total. The van der Waals surface area contributed by atoms with Crippen LogP contribution in [0.5, 0.6) is 0 Å². The molecule has 148 valence electrons. The highest BCUT2D eigenvalue weighted by Gasteiger charge is 2.30. The van der Waals surface area contributed by atoms with Crippen LogP contribution in [0.4, 0.5) is 11.5 Å². The SMILES string of the molecule is CC(C)OC(=O)C1CCc2c(sc3ncnc(Nc4ccc5c(c4)C=NC5)c23)C1. The second kappa shape index (κ2) is 7.22. The van der Waals surface area contributed by atoms with E-state index in [-0.39, 0.29) is 18.0 Å². The number of rotatable bonds is 4. The maximum absolute atomic E-state index is 12.4. The Morgan fingerprint density at radius 2 is 2.21 bits per heavy atom. The number of anilines is 2. The fourth-order valence-corrected chi connectivity index (χ4v) is 5.32. The summed E-state index contributed by atoms with van der Waals surface area (Å²) in [4.78, 5) is 27.9. The van der Waals surface area contributed by atoms with E-state index in [4.69, 9.17) is 4.74 Å². The first-order valence-electron chi connectivity index (χ1n) is 9.94. The van der Waals surface area contributed by atoms with Gasteiger partial charge in [-0.15, -0.1) is 11.3 Å². The molecule has 2 aromatic heterocycles. The van der Waals surface area contributed by atoms with Gasteiger partial charge in [0, 0.05) is 16.8 Å². The lowest BCUT2D eigenvalue weighted by Crippen LogP contribution is -2.26. The van der Waals surface area contributed by atoms with Crippen LogP contribution in [0.2, 0.25) is 0 Å². The van der Waals surface area contributed by atoms with E-state index in [1.54, 1.807) is 17.7 Å². The molecular formula is C22H22N4O2S. The van der Waals surface area contributed by atoms with Crippen molar-refractivity contribution in [2.45, 2.75) is 45.8 Å². The van der Waals surface area contributed by atoms with Gasteiger partial charge in [-0.3, -0.25) is 9.79 Å². The highest BCUT2D eigenvalue weighted by atomic mass is 32.1. The molecule has 1 atom stereocenters. The average Bonchev–Trinajstić information content (AvgIpc) is 3.31. The number of thiophene rings is 1. The number of fused-ring (bicyclic) bond motifs is 4. The highest BCUT2D eigenvalue weighted by Crippen LogP contribution is 2.40. The Bertz CT molecular complexity index is 1140. The summed E-state index contributed by atoms with van der Waals surface area (Å²) in [5.74, 6) is 0.663. The number of benzene rings is 1. The minimum absolute atomic E-state index is 0.0710. The van der Waals surface area contributed by atoms with Crippen LogP contribution in [0.3, 0.4) is 0 Å². The highest BCUT2D eigenvalue weighted by molar-refractivity contribution is 7.19. The second-order valence-electron chi connectivity index (χ2n) is 7.84. The van der Waals surface area contributed by atoms with Crippen molar-refractivity contribution in [3.63, 3.8) is 0 Å². The van der Waals surface area contributed by atoms with Gasteiger partial charge in [-0.05, 0) is 61.9 Å². The maximum atomic E-state index is 12.4. The van der Waals surface area contributed by atoms with Gasteiger partial charge in [-0.1, -0.05) is 6.07 Å². The lowest BCUT2D eigenvalue weighted by Gasteiger charge is -2.22. The topological polar surface area (TPSA) is 76.5 Å². The van der Waals surface area contributed by atoms with Crippen LogP contribution < -0.4 is 5.32 Å². The van der Waals surface area contributed by atoms with E-state index in [1.165, 1.54) is 16.0 Å². The summed E-state index contributed by atoms with van der Waals surface area (Å²) in [5, 5.41) is 4.56. The number of carbonyl (C=O) groups is 1. The zero-order chi connectivity index (χ0) is 20.0. The molecular weight excluding hydrogens is 384 g/mol. The van der Waals surface area contributed by atoms with E-state index in [1.807, 2.05) is 20.1 Å². The number of esters is 1. The van der Waals surface area contributed by atoms with Crippen molar-refractivity contribution in [2.75, 3.05) is 5.32 Å². The molecule has 1 aliphatic carbocycles. The van der Waals surface area contributed by atoms with Crippen LogP contribution in [0, 0.1) is 5.92 Å². The Hall–Kier alpha value is -2.80. The molecule has 2 aliphatic rings. The summed E-state index contributed by atoms with van der Waals surface area (Å²) in [6.07, 6.45) is 5.80. The fraction of sp³-hybridized carbons (Fsp3) is 0.364. The third kappa shape index (κ3) is 3.40. The van der Waals surface area contributed by atoms with E-state index in [0.717, 1.165) is 53.1 Å². The smallest absolute Gasteiger partial charge is 0.309 e. The molecule has 1 aliphatic heterocycles. The van der Waals surface area contributed by atoms with Crippen LogP contribution in [0.1, 0.15) is 41.8 Å². The number of nitrogens with zero attached hydrogens (tertiary/aromatic N) is 3. The molecule has 0 saturated carbocycles. The number of nitrogens with one attached hydrogen (secondary N) is 1. The third-order valence-corrected chi connectivity index (χ3v) is 6.59. The van der Waals surface area contributed by atoms with Crippen molar-refractivity contribution in [1.82, 2.24) is 9.97 Å². The molecule has 5 rings (SSSR count). The molecule has 0 spiro atoms. The van der Waals surface area contributed by atoms with Gasteiger partial charge >= 0.3 is 5.97 Å². The standard InChI is InChI=1S/C22H22N4O2S/c1-12(2)28-22(27)13-4-6-17-18(8-13)29-21-19(17)20(24-11-25-21)26-16-5-3-14-9-23-10-15(14)7-16/h3,5,7,10-13H,4,6,8-9H2,1-2H3,(H,24,25,26). The molecule has 29 heavy (non-hydrogen) atoms. The Morgan fingerprint density at radius 3 is 3.07 bits per heavy atom. The van der Waals surface area contributed by atoms with Crippen LogP contribution >= 0.6 is 11.3 Å². The van der Waals surface area contributed by atoms with Crippen molar-refractivity contribution in [3.05, 3.63) is 46.1 Å². The zero-order valence-electron chi connectivity index (χ0n) is 16.4. The Balaban J connectivity index is 1.46. The van der Waals surface area contributed by atoms with Crippen molar-refractivity contribution in [2.24, 2.45) is 10.9 Å². The largest absolute Gasteiger partial charge is 0.463 e. The first-order chi connectivity index (χ1) is 14.1. The third-order valence-electron chi connectivity index (χ3n) is 5.43. The lowest BCUT2D eigenvalue weighted by atomic mass is 9.88. The van der Waals surface area contributed by atoms with Crippen LogP contribution in [0.15, 0.2) is 29.5 Å². The van der Waals surface area contributed by atoms with Crippen molar-refractivity contribution in [3.8, 4) is 0 Å².